The van der Waals surface area contributed by atoms with Crippen molar-refractivity contribution < 1.29 is 40.6 Å². The number of amides is 1. The zero-order valence-corrected chi connectivity index (χ0v) is 63.0. The minimum absolute atomic E-state index is 0. The van der Waals surface area contributed by atoms with E-state index in [1.807, 2.05) is 123 Å². The zero-order valence-electron chi connectivity index (χ0n) is 60.6. The minimum Gasteiger partial charge on any atom is -0.444 e. The van der Waals surface area contributed by atoms with Gasteiger partial charge in [-0.1, -0.05) is 53.6 Å². The summed E-state index contributed by atoms with van der Waals surface area (Å²) in [7, 11) is -2.36. The Kier molecular flexibility index (Phi) is 28.2. The third-order valence-corrected chi connectivity index (χ3v) is 20.5. The number of alkyl carbamates (subject to hydrolysis) is 1. The number of H-pyrrole nitrogens is 3. The van der Waals surface area contributed by atoms with Crippen molar-refractivity contribution in [3.8, 4) is 68.7 Å². The summed E-state index contributed by atoms with van der Waals surface area (Å²) in [4.78, 5) is 63.1. The van der Waals surface area contributed by atoms with Crippen LogP contribution in [0.3, 0.4) is 0 Å². The van der Waals surface area contributed by atoms with Crippen molar-refractivity contribution in [2.24, 2.45) is 5.73 Å². The third-order valence-electron chi connectivity index (χ3n) is 18.6. The standard InChI is InChI=1S/C27H31N7O4.C24H25N7O4S.C22H23N7O2.C2H3ClO2S.3CH4/c1-27(2,3)38-26(36)30-17-9-11-18(12-10-17)34-23-21(24(28)31-32-25(23)35)22(33-34)16-7-13-19(14-8-16)37-20-6-4-5-15-29-20;1-2-36(33,34)30-16-8-10-17(11-9-16)31-22-20(23(25)27-28-24(22)32)21(29-31)15-6-12-18(13-7-15)35-19-5-3-4-14-26-19;23-14-6-8-15(9-7-14)29-20-18(21(24)26-27-22(20)30)19(28-29)13-4-10-16(11-5-13)31-17-3-1-2-12-25-17;1-2-6(3,4)5;;;/h4-8,13-15,17-18H,9-12H2,1-3H3,(H2,28,31)(H,30,36)(H,32,35);2-7,12-14,16-17,30H,1,8-11H2,(H2,25,27)(H,28,32);1-5,10-12,14-15H,6-9,23H2,(H2,24,26)(H,27,30);2H,1H2;3*1H4. The highest BCUT2D eigenvalue weighted by Gasteiger charge is 2.33. The number of halogens is 1. The van der Waals surface area contributed by atoms with Gasteiger partial charge >= 0.3 is 6.09 Å². The number of fused-ring (bicyclic) bond motifs is 3. The van der Waals surface area contributed by atoms with E-state index in [4.69, 9.17) is 57.2 Å². The second-order valence-electron chi connectivity index (χ2n) is 27.4. The zero-order chi connectivity index (χ0) is 78.7. The lowest BCUT2D eigenvalue weighted by Gasteiger charge is -2.30. The Morgan fingerprint density at radius 2 is 0.798 bits per heavy atom. The molecule has 0 spiro atoms. The first-order valence-corrected chi connectivity index (χ1v) is 39.4. The lowest BCUT2D eigenvalue weighted by molar-refractivity contribution is 0.0487. The van der Waals surface area contributed by atoms with Crippen LogP contribution < -0.4 is 63.9 Å². The summed E-state index contributed by atoms with van der Waals surface area (Å²) in [5, 5.41) is 39.9. The minimum atomic E-state index is -3.51. The fourth-order valence-electron chi connectivity index (χ4n) is 13.4. The van der Waals surface area contributed by atoms with E-state index in [0.29, 0.717) is 116 Å². The van der Waals surface area contributed by atoms with Crippen molar-refractivity contribution in [1.29, 1.82) is 0 Å². The van der Waals surface area contributed by atoms with Gasteiger partial charge in [0, 0.05) is 93.1 Å². The number of aromatic amines is 3. The molecule has 3 aliphatic rings. The van der Waals surface area contributed by atoms with Crippen molar-refractivity contribution in [1.82, 2.24) is 84.9 Å². The average Bonchev–Trinajstić information content (AvgIpc) is 1.61. The number of aromatic nitrogens is 15. The van der Waals surface area contributed by atoms with E-state index in [2.05, 4.69) is 79.4 Å². The monoisotopic (exact) mass is 1620 g/mol. The molecule has 0 unspecified atom stereocenters. The highest BCUT2D eigenvalue weighted by Crippen LogP contribution is 2.41. The number of pyridine rings is 3. The number of nitrogens with one attached hydrogen (secondary N) is 5. The van der Waals surface area contributed by atoms with Crippen molar-refractivity contribution in [2.75, 3.05) is 17.2 Å². The van der Waals surface area contributed by atoms with Crippen molar-refractivity contribution in [2.45, 2.75) is 162 Å². The molecule has 3 saturated carbocycles. The van der Waals surface area contributed by atoms with Crippen LogP contribution >= 0.6 is 10.7 Å². The van der Waals surface area contributed by atoms with Gasteiger partial charge in [0.25, 0.3) is 25.7 Å². The summed E-state index contributed by atoms with van der Waals surface area (Å²) in [5.41, 5.74) is 28.4. The predicted molar refractivity (Wildman–Crippen MR) is 442 cm³/mol. The maximum Gasteiger partial charge on any atom is 0.407 e. The van der Waals surface area contributed by atoms with Crippen LogP contribution in [-0.4, -0.2) is 122 Å². The number of nitrogen functional groups attached to an aromatic ring is 3. The molecule has 602 valence electrons. The number of hydrogen-bond donors (Lipinski definition) is 9. The third kappa shape index (κ3) is 21.1. The van der Waals surface area contributed by atoms with Gasteiger partial charge in [-0.25, -0.2) is 56.6 Å². The summed E-state index contributed by atoms with van der Waals surface area (Å²) in [6, 6.07) is 38.4. The Bertz CT molecular complexity index is 5690. The van der Waals surface area contributed by atoms with Gasteiger partial charge in [0.2, 0.25) is 27.7 Å². The van der Waals surface area contributed by atoms with Gasteiger partial charge in [-0.3, -0.25) is 28.4 Å². The Balaban J connectivity index is 0.000000187. The summed E-state index contributed by atoms with van der Waals surface area (Å²) in [6.45, 7) is 11.8. The Hall–Kier alpha value is -12.2. The molecule has 9 heterocycles. The van der Waals surface area contributed by atoms with E-state index < -0.39 is 30.8 Å². The molecule has 12 aromatic rings. The van der Waals surface area contributed by atoms with E-state index in [1.165, 1.54) is 0 Å². The van der Waals surface area contributed by atoms with Crippen molar-refractivity contribution in [3.63, 3.8) is 0 Å². The average molecular weight is 1620 g/mol. The van der Waals surface area contributed by atoms with Crippen molar-refractivity contribution >= 4 is 86.0 Å². The number of anilines is 3. The SMILES string of the molecule is C.C.C.C=CS(=O)(=O)Cl.C=CS(=O)(=O)NC1CCC(n2nc(-c3ccc(Oc4ccccn4)cc3)c3c(N)n[nH]c(=O)c32)CC1.CC(C)(C)OC(=O)NC1CCC(n2nc(-c3ccc(Oc4ccccn4)cc3)c3c(N)n[nH]c(=O)c32)CC1.Nc1n[nH]c(=O)c2c1c(-c1ccc(Oc3ccccn3)cc1)nn2C1CCC(N)CC1. The molecular formula is C78H94ClN21O12S2. The van der Waals surface area contributed by atoms with Gasteiger partial charge in [0.05, 0.1) is 34.3 Å². The number of carbonyl (C=O) groups excluding carboxylic acids is 1. The highest BCUT2D eigenvalue weighted by atomic mass is 35.7. The molecular weight excluding hydrogens is 1520 g/mol. The molecule has 36 heteroatoms. The summed E-state index contributed by atoms with van der Waals surface area (Å²) >= 11 is 0. The van der Waals surface area contributed by atoms with E-state index in [0.717, 1.165) is 73.5 Å². The van der Waals surface area contributed by atoms with Gasteiger partial charge in [-0.15, -0.1) is 0 Å². The molecule has 15 rings (SSSR count). The summed E-state index contributed by atoms with van der Waals surface area (Å²) in [5.74, 6) is 3.98. The van der Waals surface area contributed by atoms with Crippen LogP contribution in [0.1, 0.15) is 138 Å². The number of benzene rings is 3. The van der Waals surface area contributed by atoms with Crippen LogP contribution in [-0.2, 0) is 23.8 Å². The van der Waals surface area contributed by atoms with E-state index >= 15 is 0 Å². The Morgan fingerprint density at radius 3 is 1.08 bits per heavy atom. The molecule has 3 fully saturated rings. The molecule has 3 aliphatic carbocycles. The van der Waals surface area contributed by atoms with Crippen molar-refractivity contribution in [3.05, 3.63) is 201 Å². The van der Waals surface area contributed by atoms with Crippen LogP contribution in [0.5, 0.6) is 34.9 Å². The number of carbonyl (C=O) groups is 1. The normalized spacial score (nSPS) is 17.4. The molecule has 0 atom stereocenters. The molecule has 0 radical (unpaired) electrons. The van der Waals surface area contributed by atoms with Gasteiger partial charge in [-0.05, 0) is 189 Å². The van der Waals surface area contributed by atoms with Crippen LogP contribution in [0.25, 0.3) is 66.5 Å². The van der Waals surface area contributed by atoms with E-state index in [1.54, 1.807) is 58.3 Å². The molecule has 13 N–H and O–H groups in total. The smallest absolute Gasteiger partial charge is 0.407 e. The fraction of sp³-hybridized carbons (Fsp3) is 0.321. The quantitative estimate of drug-likeness (QED) is 0.0382. The van der Waals surface area contributed by atoms with Crippen LogP contribution in [0.15, 0.2) is 184 Å². The summed E-state index contributed by atoms with van der Waals surface area (Å²) < 4.78 is 73.6. The Morgan fingerprint density at radius 1 is 0.491 bits per heavy atom. The highest BCUT2D eigenvalue weighted by molar-refractivity contribution is 8.16. The molecule has 33 nitrogen and oxygen atoms in total. The van der Waals surface area contributed by atoms with E-state index in [9.17, 15) is 36.0 Å². The molecule has 0 saturated heterocycles. The van der Waals surface area contributed by atoms with Gasteiger partial charge in [0.1, 0.15) is 56.5 Å². The molecule has 0 bridgehead atoms. The largest absolute Gasteiger partial charge is 0.444 e. The van der Waals surface area contributed by atoms with Gasteiger partial charge < -0.3 is 47.2 Å². The first-order chi connectivity index (χ1) is 53.2. The van der Waals surface area contributed by atoms with E-state index in [-0.39, 0.29) is 92.7 Å². The van der Waals surface area contributed by atoms with Crippen LogP contribution in [0.4, 0.5) is 22.2 Å². The van der Waals surface area contributed by atoms with Crippen LogP contribution in [0.2, 0.25) is 0 Å². The Labute approximate surface area is 662 Å². The van der Waals surface area contributed by atoms with Gasteiger partial charge in [0.15, 0.2) is 17.5 Å². The lowest BCUT2D eigenvalue weighted by atomic mass is 9.91. The molecule has 9 aromatic heterocycles. The number of nitrogens with zero attached hydrogens (tertiary/aromatic N) is 12. The number of nitrogens with two attached hydrogens (primary N) is 4. The lowest BCUT2D eigenvalue weighted by Crippen LogP contribution is -2.41. The van der Waals surface area contributed by atoms with Gasteiger partial charge in [-0.2, -0.15) is 30.6 Å². The molecule has 114 heavy (non-hydrogen) atoms. The first kappa shape index (κ1) is 85.8. The topological polar surface area (TPSA) is 480 Å². The molecule has 3 aromatic carbocycles. The molecule has 0 aliphatic heterocycles. The maximum atomic E-state index is 12.9. The number of ether oxygens (including phenoxy) is 4. The van der Waals surface area contributed by atoms with Crippen LogP contribution in [0, 0.1) is 0 Å². The second kappa shape index (κ2) is 37.4. The number of hydrogen-bond acceptors (Lipinski definition) is 25. The summed E-state index contributed by atoms with van der Waals surface area (Å²) in [6.07, 6.45) is 13.5. The molecule has 1 amide bonds. The maximum absolute atomic E-state index is 12.9. The first-order valence-electron chi connectivity index (χ1n) is 35.5. The number of sulfonamides is 1. The second-order valence-corrected chi connectivity index (χ2v) is 31.7. The predicted octanol–water partition coefficient (Wildman–Crippen LogP) is 13.3. The fourth-order valence-corrected chi connectivity index (χ4v) is 14.2. The number of rotatable bonds is 17.